The summed E-state index contributed by atoms with van der Waals surface area (Å²) in [6, 6.07) is -1.45. The smallest absolute Gasteiger partial charge is 0.317 e. The Bertz CT molecular complexity index is 3210. The zero-order valence-corrected chi connectivity index (χ0v) is 62.7. The predicted molar refractivity (Wildman–Crippen MR) is 359 cm³/mol. The number of carbonyl (C=O) groups excluding carboxylic acids is 3. The summed E-state index contributed by atoms with van der Waals surface area (Å²) in [5.74, 6) is -3.12. The van der Waals surface area contributed by atoms with Crippen LogP contribution >= 0.6 is 0 Å². The number of rotatable bonds is 21. The Kier molecular flexibility index (Phi) is 25.1. The van der Waals surface area contributed by atoms with Gasteiger partial charge in [0.15, 0.2) is 43.8 Å². The van der Waals surface area contributed by atoms with Crippen LogP contribution in [-0.2, 0) is 85.4 Å². The Hall–Kier alpha value is -3.09. The molecular weight excluding hydrogens is 1450 g/mol. The van der Waals surface area contributed by atoms with Crippen LogP contribution in [0.3, 0.4) is 0 Å². The molecule has 7 aliphatic heterocycles. The summed E-state index contributed by atoms with van der Waals surface area (Å²) in [5.41, 5.74) is -7.93. The lowest BCUT2D eigenvalue weighted by Crippen LogP contribution is -2.69. The molecule has 7 saturated heterocycles. The molecule has 12 rings (SSSR count). The molecule has 0 spiro atoms. The van der Waals surface area contributed by atoms with Crippen LogP contribution in [-0.4, -0.2) is 359 Å². The van der Waals surface area contributed by atoms with Gasteiger partial charge in [0.1, 0.15) is 139 Å². The molecule has 1 amide bonds. The number of hydrogen-bond acceptors (Lipinski definition) is 36. The third-order valence-corrected chi connectivity index (χ3v) is 27.1. The van der Waals surface area contributed by atoms with Gasteiger partial charge in [-0.2, -0.15) is 0 Å². The van der Waals surface area contributed by atoms with Crippen molar-refractivity contribution in [3.63, 3.8) is 0 Å². The normalized spacial score (nSPS) is 51.6. The number of esters is 2. The van der Waals surface area contributed by atoms with E-state index in [0.29, 0.717) is 44.9 Å². The number of hydrogen-bond donors (Lipinski definition) is 19. The summed E-state index contributed by atoms with van der Waals surface area (Å²) in [4.78, 5) is 41.2. The molecule has 12 aliphatic rings. The van der Waals surface area contributed by atoms with Gasteiger partial charge < -0.3 is 168 Å². The fourth-order valence-electron chi connectivity index (χ4n) is 20.4. The van der Waals surface area contributed by atoms with Crippen LogP contribution in [0, 0.1) is 50.2 Å². The van der Waals surface area contributed by atoms with E-state index in [-0.39, 0.29) is 30.1 Å². The molecule has 0 aromatic rings. The average molecular weight is 1570 g/mol. The standard InChI is InChI=1S/C72H115NO36/c1-29(76)73-42-46(84)53(107-60-50(88)47(85)44(82)35(20-74)102-60)37(24-98-58-51(89)52(34(79)22-96-58)106-59-49(87)43(81)33(78)21-97-59)104-57(42)105-41-13-14-67(7)38(66(41,5)6)12-15-68(8)39(67)11-10-31-32-18-65(3,4)16-17-72(32,40(80)19-69(31,68)9)64(92)109-61-54(48(86)45(83)36(103-61)23-95-30(2)77)108-63-56(91)71(94,28-101-63)27-100-62-55(90)70(93,25-75)26-99-62/h10,32-63,74-75,78-91,93-94H,11-28H2,1-9H3,(H,73,76)/t32-,33+,34-,35+,36+,37+,38-,39+,40+,41-,42+,43-,44+,45+,46+,47-,48-,49+,50+,51+,52-,53+,54+,55-,56-,57-,58-,59-,60-,61-,62-,63-,67-,68+,69+,70+,71+,72+/m0/s1. The van der Waals surface area contributed by atoms with Gasteiger partial charge in [0.25, 0.3) is 0 Å². The van der Waals surface area contributed by atoms with Crippen molar-refractivity contribution >= 4 is 17.8 Å². The molecule has 7 heterocycles. The topological polar surface area (TPSA) is 566 Å². The van der Waals surface area contributed by atoms with Crippen molar-refractivity contribution in [2.75, 3.05) is 59.5 Å². The Balaban J connectivity index is 0.785. The fraction of sp³-hybridized carbons (Fsp3) is 0.931. The summed E-state index contributed by atoms with van der Waals surface area (Å²) < 4.78 is 89.1. The first-order valence-electron chi connectivity index (χ1n) is 37.8. The highest BCUT2D eigenvalue weighted by Gasteiger charge is 2.73. The lowest BCUT2D eigenvalue weighted by atomic mass is 9.33. The highest BCUT2D eigenvalue weighted by Crippen LogP contribution is 2.76. The van der Waals surface area contributed by atoms with Crippen molar-refractivity contribution in [1.82, 2.24) is 5.32 Å². The molecule has 109 heavy (non-hydrogen) atoms. The second-order valence-electron chi connectivity index (χ2n) is 34.7. The second kappa shape index (κ2) is 32.1. The van der Waals surface area contributed by atoms with Crippen molar-refractivity contribution in [3.8, 4) is 0 Å². The van der Waals surface area contributed by atoms with Crippen LogP contribution in [0.25, 0.3) is 0 Å². The molecule has 624 valence electrons. The number of aliphatic hydroxyl groups is 18. The average Bonchev–Trinajstić information content (AvgIpc) is 1.15. The zero-order chi connectivity index (χ0) is 79.5. The quantitative estimate of drug-likeness (QED) is 0.0289. The maximum absolute atomic E-state index is 15.8. The highest BCUT2D eigenvalue weighted by molar-refractivity contribution is 5.80. The third-order valence-electron chi connectivity index (χ3n) is 27.1. The summed E-state index contributed by atoms with van der Waals surface area (Å²) >= 11 is 0. The molecule has 37 heteroatoms. The number of fused-ring (bicyclic) bond motifs is 7. The molecule has 0 unspecified atom stereocenters. The second-order valence-corrected chi connectivity index (χ2v) is 34.7. The molecule has 19 N–H and O–H groups in total. The van der Waals surface area contributed by atoms with Gasteiger partial charge in [-0.3, -0.25) is 14.4 Å². The first-order chi connectivity index (χ1) is 51.0. The minimum atomic E-state index is -2.30. The van der Waals surface area contributed by atoms with Gasteiger partial charge in [-0.05, 0) is 103 Å². The molecule has 38 atom stereocenters. The fourth-order valence-corrected chi connectivity index (χ4v) is 20.4. The van der Waals surface area contributed by atoms with Crippen molar-refractivity contribution < 1.29 is 177 Å². The van der Waals surface area contributed by atoms with E-state index in [1.165, 1.54) is 6.92 Å². The lowest BCUT2D eigenvalue weighted by Gasteiger charge is -2.72. The van der Waals surface area contributed by atoms with Crippen molar-refractivity contribution in [2.24, 2.45) is 50.2 Å². The van der Waals surface area contributed by atoms with E-state index in [4.69, 9.17) is 71.1 Å². The maximum Gasteiger partial charge on any atom is 0.317 e. The predicted octanol–water partition coefficient (Wildman–Crippen LogP) is -6.32. The van der Waals surface area contributed by atoms with Gasteiger partial charge in [0.2, 0.25) is 12.2 Å². The van der Waals surface area contributed by atoms with Crippen molar-refractivity contribution in [2.45, 2.75) is 310 Å². The van der Waals surface area contributed by atoms with Gasteiger partial charge in [-0.25, -0.2) is 0 Å². The van der Waals surface area contributed by atoms with Gasteiger partial charge in [0, 0.05) is 13.8 Å². The summed E-state index contributed by atoms with van der Waals surface area (Å²) in [5, 5.41) is 202. The molecule has 4 saturated carbocycles. The van der Waals surface area contributed by atoms with Crippen LogP contribution in [0.2, 0.25) is 0 Å². The van der Waals surface area contributed by atoms with E-state index < -0.39 is 300 Å². The van der Waals surface area contributed by atoms with Crippen LogP contribution in [0.4, 0.5) is 0 Å². The number of carbonyl (C=O) groups is 3. The van der Waals surface area contributed by atoms with Gasteiger partial charge in [-0.1, -0.05) is 60.1 Å². The Morgan fingerprint density at radius 1 is 0.541 bits per heavy atom. The Morgan fingerprint density at radius 3 is 1.84 bits per heavy atom. The van der Waals surface area contributed by atoms with Crippen molar-refractivity contribution in [3.05, 3.63) is 11.6 Å². The van der Waals surface area contributed by atoms with E-state index in [9.17, 15) is 102 Å². The number of allylic oxidation sites excluding steroid dienone is 2. The van der Waals surface area contributed by atoms with Crippen LogP contribution in [0.15, 0.2) is 11.6 Å². The summed E-state index contributed by atoms with van der Waals surface area (Å²) in [7, 11) is 0. The van der Waals surface area contributed by atoms with Crippen LogP contribution in [0.5, 0.6) is 0 Å². The monoisotopic (exact) mass is 1570 g/mol. The van der Waals surface area contributed by atoms with E-state index in [0.717, 1.165) is 12.5 Å². The Labute approximate surface area is 629 Å². The summed E-state index contributed by atoms with van der Waals surface area (Å²) in [6.45, 7) is 11.4. The molecule has 0 bridgehead atoms. The van der Waals surface area contributed by atoms with Crippen molar-refractivity contribution in [1.29, 1.82) is 0 Å². The number of ether oxygens (including phenoxy) is 15. The molecule has 0 aromatic carbocycles. The minimum Gasteiger partial charge on any atom is -0.463 e. The summed E-state index contributed by atoms with van der Waals surface area (Å²) in [6.07, 6.45) is -41.2. The van der Waals surface area contributed by atoms with E-state index in [1.54, 1.807) is 0 Å². The molecule has 0 aromatic heterocycles. The molecular formula is C72H115NO36. The van der Waals surface area contributed by atoms with Gasteiger partial charge in [0.05, 0.1) is 65.1 Å². The van der Waals surface area contributed by atoms with Crippen LogP contribution < -0.4 is 5.32 Å². The Morgan fingerprint density at radius 2 is 1.17 bits per heavy atom. The van der Waals surface area contributed by atoms with E-state index >= 15 is 4.79 Å². The third kappa shape index (κ3) is 15.4. The van der Waals surface area contributed by atoms with E-state index in [2.05, 4.69) is 59.9 Å². The van der Waals surface area contributed by atoms with E-state index in [1.807, 2.05) is 0 Å². The largest absolute Gasteiger partial charge is 0.463 e. The van der Waals surface area contributed by atoms with Gasteiger partial charge >= 0.3 is 11.9 Å². The zero-order valence-electron chi connectivity index (χ0n) is 62.7. The molecule has 5 aliphatic carbocycles. The minimum absolute atomic E-state index is 0.0529. The maximum atomic E-state index is 15.8. The first kappa shape index (κ1) is 85.3. The number of nitrogens with one attached hydrogen (secondary N) is 1. The SMILES string of the molecule is CC(=O)N[C@H]1[C@H](O[C@H]2CC[C@]3(C)[C@H]4CC=C5[C@@H]6CC(C)(C)CC[C@]6(C(=O)O[C@@H]6O[C@H](COC(C)=O)[C@@H](O)[C@H](O)[C@H]6O[C@@H]6OC[C@](O)(CO[C@@H]7OC[C@](O)(CO)[C@H]7O)[C@H]6O)[C@H](O)C[C@@]5(C)[C@]4(C)CC[C@H]3C2(C)C)O[C@H](CO[C@@H]2OC[C@H](O)[C@H](O[C@@H]3OC[C@@H](O)[C@H](O)[C@H]3O)[C@H]2O)[C@@H](O[C@@H]2O[C@H](CO)[C@@H](O)[C@H](O)[C@H]2O)[C@@H]1O. The lowest BCUT2D eigenvalue weighted by molar-refractivity contribution is -0.364. The highest BCUT2D eigenvalue weighted by atomic mass is 16.8. The first-order valence-corrected chi connectivity index (χ1v) is 37.8. The molecule has 11 fully saturated rings. The van der Waals surface area contributed by atoms with Crippen LogP contribution in [0.1, 0.15) is 120 Å². The van der Waals surface area contributed by atoms with Gasteiger partial charge in [-0.15, -0.1) is 0 Å². The molecule has 37 nitrogen and oxygen atoms in total. The molecule has 0 radical (unpaired) electrons. The number of aliphatic hydroxyl groups excluding tert-OH is 16. The number of amides is 1.